The normalized spacial score (nSPS) is 17.6. The number of benzene rings is 2. The number of carbonyl (C=O) groups is 2. The zero-order valence-electron chi connectivity index (χ0n) is 17.7. The number of fused-ring (bicyclic) bond motifs is 1. The predicted molar refractivity (Wildman–Crippen MR) is 123 cm³/mol. The highest BCUT2D eigenvalue weighted by Gasteiger charge is 2.23. The van der Waals surface area contributed by atoms with Gasteiger partial charge in [0.25, 0.3) is 11.8 Å². The van der Waals surface area contributed by atoms with E-state index in [2.05, 4.69) is 10.6 Å². The minimum absolute atomic E-state index is 0.0828. The maximum Gasteiger partial charge on any atom is 0.262 e. The Kier molecular flexibility index (Phi) is 6.51. The Hall–Kier alpha value is -2.93. The number of nitrogens with one attached hydrogen (secondary N) is 2. The van der Waals surface area contributed by atoms with Crippen molar-refractivity contribution in [1.29, 1.82) is 0 Å². The topological polar surface area (TPSA) is 76.7 Å². The first kappa shape index (κ1) is 21.3. The molecule has 7 heteroatoms. The molecular formula is C24H26N2O4S. The van der Waals surface area contributed by atoms with Gasteiger partial charge in [-0.1, -0.05) is 37.1 Å². The molecule has 2 aliphatic rings. The van der Waals surface area contributed by atoms with Crippen LogP contribution in [0.2, 0.25) is 0 Å². The molecule has 2 aromatic carbocycles. The fraction of sp³-hybridized carbons (Fsp3) is 0.333. The lowest BCUT2D eigenvalue weighted by Crippen LogP contribution is -2.36. The Bertz CT molecular complexity index is 1030. The number of thioether (sulfide) groups is 1. The van der Waals surface area contributed by atoms with Crippen LogP contribution in [0.5, 0.6) is 11.5 Å². The van der Waals surface area contributed by atoms with Crippen LogP contribution in [0.15, 0.2) is 46.2 Å². The molecule has 31 heavy (non-hydrogen) atoms. The van der Waals surface area contributed by atoms with Gasteiger partial charge in [-0.15, -0.1) is 0 Å². The first-order chi connectivity index (χ1) is 15.1. The first-order valence-corrected chi connectivity index (χ1v) is 11.3. The van der Waals surface area contributed by atoms with Crippen LogP contribution in [0, 0.1) is 0 Å². The molecule has 2 N–H and O–H groups in total. The van der Waals surface area contributed by atoms with Crippen LogP contribution in [0.1, 0.15) is 48.0 Å². The third-order valence-corrected chi connectivity index (χ3v) is 6.68. The van der Waals surface area contributed by atoms with Gasteiger partial charge in [-0.2, -0.15) is 0 Å². The molecule has 0 saturated heterocycles. The van der Waals surface area contributed by atoms with E-state index < -0.39 is 0 Å². The Morgan fingerprint density at radius 1 is 1.06 bits per heavy atom. The van der Waals surface area contributed by atoms with E-state index in [1.54, 1.807) is 20.3 Å². The van der Waals surface area contributed by atoms with Crippen LogP contribution in [0.3, 0.4) is 0 Å². The van der Waals surface area contributed by atoms with E-state index in [0.717, 1.165) is 36.1 Å². The SMILES string of the molecule is COc1ccc(/C=C2/Sc3ccc(C(=O)NC4CCCCC4)cc3NC2=O)cc1OC. The monoisotopic (exact) mass is 438 g/mol. The smallest absolute Gasteiger partial charge is 0.262 e. The van der Waals surface area contributed by atoms with Gasteiger partial charge in [-0.25, -0.2) is 0 Å². The molecule has 0 aromatic heterocycles. The maximum absolute atomic E-state index is 12.7. The summed E-state index contributed by atoms with van der Waals surface area (Å²) < 4.78 is 10.6. The van der Waals surface area contributed by atoms with Crippen molar-refractivity contribution in [2.45, 2.75) is 43.0 Å². The molecule has 1 aliphatic heterocycles. The number of hydrogen-bond acceptors (Lipinski definition) is 5. The summed E-state index contributed by atoms with van der Waals surface area (Å²) >= 11 is 1.38. The van der Waals surface area contributed by atoms with Crippen molar-refractivity contribution in [3.05, 3.63) is 52.4 Å². The van der Waals surface area contributed by atoms with E-state index in [0.29, 0.717) is 27.7 Å². The molecule has 0 radical (unpaired) electrons. The van der Waals surface area contributed by atoms with Crippen molar-refractivity contribution in [1.82, 2.24) is 5.32 Å². The Morgan fingerprint density at radius 3 is 2.58 bits per heavy atom. The molecule has 1 heterocycles. The largest absolute Gasteiger partial charge is 0.493 e. The number of methoxy groups -OCH3 is 2. The molecule has 0 unspecified atom stereocenters. The molecule has 0 spiro atoms. The van der Waals surface area contributed by atoms with Gasteiger partial charge in [0.05, 0.1) is 24.8 Å². The minimum atomic E-state index is -0.197. The van der Waals surface area contributed by atoms with Crippen LogP contribution in [-0.4, -0.2) is 32.1 Å². The van der Waals surface area contributed by atoms with Gasteiger partial charge in [-0.05, 0) is 54.8 Å². The van der Waals surface area contributed by atoms with Crippen molar-refractivity contribution in [2.75, 3.05) is 19.5 Å². The summed E-state index contributed by atoms with van der Waals surface area (Å²) in [5.41, 5.74) is 2.07. The molecule has 2 aromatic rings. The Morgan fingerprint density at radius 2 is 1.84 bits per heavy atom. The summed E-state index contributed by atoms with van der Waals surface area (Å²) in [7, 11) is 3.16. The highest BCUT2D eigenvalue weighted by Crippen LogP contribution is 2.40. The zero-order valence-corrected chi connectivity index (χ0v) is 18.5. The number of ether oxygens (including phenoxy) is 2. The van der Waals surface area contributed by atoms with Crippen molar-refractivity contribution in [2.24, 2.45) is 0 Å². The van der Waals surface area contributed by atoms with E-state index >= 15 is 0 Å². The fourth-order valence-corrected chi connectivity index (χ4v) is 4.84. The summed E-state index contributed by atoms with van der Waals surface area (Å²) in [6.07, 6.45) is 7.46. The first-order valence-electron chi connectivity index (χ1n) is 10.4. The van der Waals surface area contributed by atoms with Crippen LogP contribution < -0.4 is 20.1 Å². The van der Waals surface area contributed by atoms with E-state index in [4.69, 9.17) is 9.47 Å². The van der Waals surface area contributed by atoms with Crippen molar-refractivity contribution < 1.29 is 19.1 Å². The Labute approximate surface area is 186 Å². The molecule has 162 valence electrons. The molecular weight excluding hydrogens is 412 g/mol. The molecule has 1 fully saturated rings. The van der Waals surface area contributed by atoms with E-state index in [9.17, 15) is 9.59 Å². The molecule has 1 saturated carbocycles. The third-order valence-electron chi connectivity index (χ3n) is 5.58. The maximum atomic E-state index is 12.7. The average Bonchev–Trinajstić information content (AvgIpc) is 2.79. The second kappa shape index (κ2) is 9.47. The zero-order chi connectivity index (χ0) is 21.8. The lowest BCUT2D eigenvalue weighted by molar-refractivity contribution is -0.112. The third kappa shape index (κ3) is 4.88. The molecule has 0 atom stereocenters. The predicted octanol–water partition coefficient (Wildman–Crippen LogP) is 4.85. The second-order valence-electron chi connectivity index (χ2n) is 7.70. The molecule has 1 aliphatic carbocycles. The van der Waals surface area contributed by atoms with Gasteiger partial charge in [0.15, 0.2) is 11.5 Å². The molecule has 0 bridgehead atoms. The van der Waals surface area contributed by atoms with Crippen molar-refractivity contribution >= 4 is 35.3 Å². The van der Waals surface area contributed by atoms with Crippen molar-refractivity contribution in [3.8, 4) is 11.5 Å². The summed E-state index contributed by atoms with van der Waals surface area (Å²) in [6, 6.07) is 11.2. The van der Waals surface area contributed by atoms with Gasteiger partial charge >= 0.3 is 0 Å². The van der Waals surface area contributed by atoms with Crippen LogP contribution in [0.25, 0.3) is 6.08 Å². The summed E-state index contributed by atoms with van der Waals surface area (Å²) in [5, 5.41) is 6.04. The van der Waals surface area contributed by atoms with E-state index in [1.165, 1.54) is 18.2 Å². The van der Waals surface area contributed by atoms with Gasteiger partial charge in [0.2, 0.25) is 0 Å². The fourth-order valence-electron chi connectivity index (χ4n) is 3.91. The lowest BCUT2D eigenvalue weighted by Gasteiger charge is -2.23. The van der Waals surface area contributed by atoms with E-state index in [1.807, 2.05) is 36.4 Å². The number of hydrogen-bond donors (Lipinski definition) is 2. The summed E-state index contributed by atoms with van der Waals surface area (Å²) in [4.78, 5) is 26.8. The number of rotatable bonds is 5. The second-order valence-corrected chi connectivity index (χ2v) is 8.78. The minimum Gasteiger partial charge on any atom is -0.493 e. The summed E-state index contributed by atoms with van der Waals surface area (Å²) in [6.45, 7) is 0. The number of anilines is 1. The number of amides is 2. The molecule has 6 nitrogen and oxygen atoms in total. The van der Waals surface area contributed by atoms with Gasteiger partial charge in [-0.3, -0.25) is 9.59 Å². The molecule has 4 rings (SSSR count). The van der Waals surface area contributed by atoms with E-state index in [-0.39, 0.29) is 17.9 Å². The summed E-state index contributed by atoms with van der Waals surface area (Å²) in [5.74, 6) is 0.958. The average molecular weight is 439 g/mol. The number of carbonyl (C=O) groups excluding carboxylic acids is 2. The lowest BCUT2D eigenvalue weighted by atomic mass is 9.95. The van der Waals surface area contributed by atoms with Crippen LogP contribution >= 0.6 is 11.8 Å². The highest BCUT2D eigenvalue weighted by molar-refractivity contribution is 8.04. The standard InChI is InChI=1S/C24H26N2O4S/c1-29-19-10-8-15(12-20(19)30-2)13-22-24(28)26-18-14-16(9-11-21(18)31-22)23(27)25-17-6-4-3-5-7-17/h8-14,17H,3-7H2,1-2H3,(H,25,27)(H,26,28)/b22-13+. The van der Waals surface area contributed by atoms with Crippen LogP contribution in [-0.2, 0) is 4.79 Å². The van der Waals surface area contributed by atoms with Gasteiger partial charge < -0.3 is 20.1 Å². The highest BCUT2D eigenvalue weighted by atomic mass is 32.2. The molecule has 2 amide bonds. The Balaban J connectivity index is 1.51. The quantitative estimate of drug-likeness (QED) is 0.653. The van der Waals surface area contributed by atoms with Gasteiger partial charge in [0, 0.05) is 16.5 Å². The van der Waals surface area contributed by atoms with Crippen LogP contribution in [0.4, 0.5) is 5.69 Å². The van der Waals surface area contributed by atoms with Gasteiger partial charge in [0.1, 0.15) is 0 Å². The van der Waals surface area contributed by atoms with Crippen molar-refractivity contribution in [3.63, 3.8) is 0 Å².